The van der Waals surface area contributed by atoms with E-state index in [1.165, 1.54) is 12.1 Å². The van der Waals surface area contributed by atoms with Gasteiger partial charge < -0.3 is 9.88 Å². The first-order chi connectivity index (χ1) is 15.5. The maximum Gasteiger partial charge on any atom is 0.156 e. The number of rotatable bonds is 4. The molecule has 5 rings (SSSR count). The lowest BCUT2D eigenvalue weighted by atomic mass is 9.98. The van der Waals surface area contributed by atoms with E-state index in [1.54, 1.807) is 6.07 Å². The van der Waals surface area contributed by atoms with Crippen LogP contribution in [0.4, 0.5) is 8.78 Å². The summed E-state index contributed by atoms with van der Waals surface area (Å²) >= 11 is 0. The molecule has 2 aromatic carbocycles. The average Bonchev–Trinajstić information content (AvgIpc) is 3.36. The number of imidazole rings is 1. The fourth-order valence-corrected chi connectivity index (χ4v) is 4.11. The van der Waals surface area contributed by atoms with Gasteiger partial charge >= 0.3 is 0 Å². The number of fused-ring (bicyclic) bond motifs is 2. The number of aromatic nitrogens is 3. The second kappa shape index (κ2) is 7.59. The van der Waals surface area contributed by atoms with Crippen molar-refractivity contribution in [2.75, 3.05) is 14.1 Å². The first kappa shape index (κ1) is 19.9. The highest BCUT2D eigenvalue weighted by Crippen LogP contribution is 2.36. The highest BCUT2D eigenvalue weighted by atomic mass is 19.1. The van der Waals surface area contributed by atoms with Gasteiger partial charge in [0.2, 0.25) is 0 Å². The van der Waals surface area contributed by atoms with E-state index < -0.39 is 11.6 Å². The van der Waals surface area contributed by atoms with Gasteiger partial charge in [-0.1, -0.05) is 18.2 Å². The van der Waals surface area contributed by atoms with Gasteiger partial charge in [-0.05, 0) is 38.4 Å². The third kappa shape index (κ3) is 3.22. The minimum absolute atomic E-state index is 0.156. The highest BCUT2D eigenvalue weighted by molar-refractivity contribution is 5.96. The Morgan fingerprint density at radius 3 is 2.62 bits per heavy atom. The van der Waals surface area contributed by atoms with Crippen LogP contribution in [0.15, 0.2) is 60.9 Å². The van der Waals surface area contributed by atoms with Crippen molar-refractivity contribution in [3.05, 3.63) is 83.8 Å². The van der Waals surface area contributed by atoms with Gasteiger partial charge in [-0.15, -0.1) is 0 Å². The average molecular weight is 427 g/mol. The molecule has 5 nitrogen and oxygen atoms in total. The van der Waals surface area contributed by atoms with E-state index in [2.05, 4.69) is 11.1 Å². The first-order valence-corrected chi connectivity index (χ1v) is 10.1. The molecule has 158 valence electrons. The van der Waals surface area contributed by atoms with Crippen LogP contribution in [0.3, 0.4) is 0 Å². The maximum absolute atomic E-state index is 14.8. The van der Waals surface area contributed by atoms with Crippen LogP contribution in [0.2, 0.25) is 0 Å². The number of H-pyrrole nitrogens is 1. The largest absolute Gasteiger partial charge is 0.360 e. The Hall–Kier alpha value is -4.02. The van der Waals surface area contributed by atoms with Crippen LogP contribution in [0, 0.1) is 23.0 Å². The number of aromatic amines is 1. The second-order valence-corrected chi connectivity index (χ2v) is 7.97. The third-order valence-electron chi connectivity index (χ3n) is 5.47. The van der Waals surface area contributed by atoms with Crippen LogP contribution in [-0.4, -0.2) is 33.4 Å². The molecule has 0 unspecified atom stereocenters. The SMILES string of the molecule is CN(C)Cc1cn2c(-c3c[nH]c4ccccc34)cc(-c3ccc(F)cc3F)c(C#N)c2n1. The Labute approximate surface area is 183 Å². The van der Waals surface area contributed by atoms with E-state index in [4.69, 9.17) is 4.98 Å². The normalized spacial score (nSPS) is 11.5. The van der Waals surface area contributed by atoms with Gasteiger partial charge in [0.05, 0.1) is 11.4 Å². The van der Waals surface area contributed by atoms with Crippen molar-refractivity contribution in [3.63, 3.8) is 0 Å². The van der Waals surface area contributed by atoms with Crippen molar-refractivity contribution in [2.45, 2.75) is 6.54 Å². The van der Waals surface area contributed by atoms with Gasteiger partial charge in [0.1, 0.15) is 23.3 Å². The molecular weight excluding hydrogens is 408 g/mol. The van der Waals surface area contributed by atoms with E-state index in [-0.39, 0.29) is 11.1 Å². The minimum Gasteiger partial charge on any atom is -0.360 e. The number of para-hydroxylation sites is 1. The van der Waals surface area contributed by atoms with Gasteiger partial charge in [0.25, 0.3) is 0 Å². The summed E-state index contributed by atoms with van der Waals surface area (Å²) in [5.41, 5.74) is 4.60. The number of pyridine rings is 1. The second-order valence-electron chi connectivity index (χ2n) is 7.97. The van der Waals surface area contributed by atoms with Crippen molar-refractivity contribution < 1.29 is 8.78 Å². The number of nitrogens with one attached hydrogen (secondary N) is 1. The highest BCUT2D eigenvalue weighted by Gasteiger charge is 2.21. The zero-order valence-corrected chi connectivity index (χ0v) is 17.5. The van der Waals surface area contributed by atoms with Gasteiger partial charge in [-0.2, -0.15) is 5.26 Å². The Kier molecular flexibility index (Phi) is 4.72. The Bertz CT molecular complexity index is 1520. The van der Waals surface area contributed by atoms with Crippen LogP contribution in [0.5, 0.6) is 0 Å². The van der Waals surface area contributed by atoms with Crippen LogP contribution >= 0.6 is 0 Å². The summed E-state index contributed by atoms with van der Waals surface area (Å²) < 4.78 is 30.2. The Morgan fingerprint density at radius 2 is 1.88 bits per heavy atom. The molecular formula is C25H19F2N5. The molecule has 0 bridgehead atoms. The Balaban J connectivity index is 1.88. The van der Waals surface area contributed by atoms with Gasteiger partial charge in [0.15, 0.2) is 5.65 Å². The van der Waals surface area contributed by atoms with Gasteiger partial charge in [-0.25, -0.2) is 13.8 Å². The number of benzene rings is 2. The van der Waals surface area contributed by atoms with Crippen LogP contribution in [-0.2, 0) is 6.54 Å². The van der Waals surface area contributed by atoms with Crippen molar-refractivity contribution in [3.8, 4) is 28.5 Å². The zero-order chi connectivity index (χ0) is 22.4. The Morgan fingerprint density at radius 1 is 1.06 bits per heavy atom. The fourth-order valence-electron chi connectivity index (χ4n) is 4.11. The lowest BCUT2D eigenvalue weighted by molar-refractivity contribution is 0.398. The van der Waals surface area contributed by atoms with Crippen molar-refractivity contribution >= 4 is 16.6 Å². The fraction of sp³-hybridized carbons (Fsp3) is 0.120. The van der Waals surface area contributed by atoms with Crippen LogP contribution in [0.25, 0.3) is 38.9 Å². The molecule has 3 heterocycles. The molecule has 0 amide bonds. The third-order valence-corrected chi connectivity index (χ3v) is 5.47. The molecule has 0 aliphatic rings. The summed E-state index contributed by atoms with van der Waals surface area (Å²) in [5, 5.41) is 11.0. The number of nitrogens with zero attached hydrogens (tertiary/aromatic N) is 4. The number of hydrogen-bond acceptors (Lipinski definition) is 3. The summed E-state index contributed by atoms with van der Waals surface area (Å²) in [5.74, 6) is -1.40. The summed E-state index contributed by atoms with van der Waals surface area (Å²) in [6.45, 7) is 0.583. The predicted octanol–water partition coefficient (Wildman–Crippen LogP) is 5.36. The number of nitriles is 1. The molecule has 32 heavy (non-hydrogen) atoms. The quantitative estimate of drug-likeness (QED) is 0.420. The van der Waals surface area contributed by atoms with E-state index in [9.17, 15) is 14.0 Å². The molecule has 0 saturated carbocycles. The molecule has 7 heteroatoms. The smallest absolute Gasteiger partial charge is 0.156 e. The molecule has 0 atom stereocenters. The summed E-state index contributed by atoms with van der Waals surface area (Å²) in [6.07, 6.45) is 3.79. The first-order valence-electron chi connectivity index (χ1n) is 10.1. The molecule has 5 aromatic rings. The van der Waals surface area contributed by atoms with Crippen LogP contribution < -0.4 is 0 Å². The summed E-state index contributed by atoms with van der Waals surface area (Å²) in [7, 11) is 3.88. The molecule has 0 fully saturated rings. The lowest BCUT2D eigenvalue weighted by Crippen LogP contribution is -2.10. The monoisotopic (exact) mass is 427 g/mol. The van der Waals surface area contributed by atoms with E-state index in [1.807, 2.05) is 60.1 Å². The minimum atomic E-state index is -0.726. The maximum atomic E-state index is 14.8. The molecule has 0 aliphatic heterocycles. The lowest BCUT2D eigenvalue weighted by Gasteiger charge is -2.12. The van der Waals surface area contributed by atoms with E-state index in [0.29, 0.717) is 17.8 Å². The molecule has 0 spiro atoms. The number of halogens is 2. The summed E-state index contributed by atoms with van der Waals surface area (Å²) in [4.78, 5) is 9.95. The van der Waals surface area contributed by atoms with Crippen molar-refractivity contribution in [1.82, 2.24) is 19.3 Å². The molecule has 0 radical (unpaired) electrons. The van der Waals surface area contributed by atoms with Crippen molar-refractivity contribution in [1.29, 1.82) is 5.26 Å². The van der Waals surface area contributed by atoms with E-state index in [0.717, 1.165) is 33.9 Å². The standard InChI is InChI=1S/C25H19F2N5/c1-31(2)13-16-14-32-24(21-12-29-23-6-4-3-5-18(21)23)10-19(20(11-28)25(32)30-16)17-8-7-15(26)9-22(17)27/h3-10,12,14,29H,13H2,1-2H3. The molecule has 0 saturated heterocycles. The molecule has 0 aliphatic carbocycles. The van der Waals surface area contributed by atoms with Crippen molar-refractivity contribution in [2.24, 2.45) is 0 Å². The predicted molar refractivity (Wildman–Crippen MR) is 120 cm³/mol. The molecule has 3 aromatic heterocycles. The summed E-state index contributed by atoms with van der Waals surface area (Å²) in [6, 6.07) is 15.2. The zero-order valence-electron chi connectivity index (χ0n) is 17.5. The van der Waals surface area contributed by atoms with Gasteiger partial charge in [-0.3, -0.25) is 4.40 Å². The number of hydrogen-bond donors (Lipinski definition) is 1. The van der Waals surface area contributed by atoms with Gasteiger partial charge in [0, 0.05) is 52.6 Å². The molecule has 1 N–H and O–H groups in total. The van der Waals surface area contributed by atoms with Crippen LogP contribution in [0.1, 0.15) is 11.3 Å². The van der Waals surface area contributed by atoms with E-state index >= 15 is 0 Å². The topological polar surface area (TPSA) is 60.1 Å².